The SMILES string of the molecule is Brc1cccc(CO[C@@H]2CCNC2)c1. The van der Waals surface area contributed by atoms with Gasteiger partial charge in [0.1, 0.15) is 0 Å². The molecule has 1 aromatic carbocycles. The van der Waals surface area contributed by atoms with Gasteiger partial charge in [0.15, 0.2) is 0 Å². The highest BCUT2D eigenvalue weighted by Gasteiger charge is 2.14. The van der Waals surface area contributed by atoms with E-state index in [1.807, 2.05) is 12.1 Å². The first-order chi connectivity index (χ1) is 6.84. The zero-order valence-corrected chi connectivity index (χ0v) is 9.59. The second kappa shape index (κ2) is 4.91. The summed E-state index contributed by atoms with van der Waals surface area (Å²) in [5.74, 6) is 0. The highest BCUT2D eigenvalue weighted by atomic mass is 79.9. The Morgan fingerprint density at radius 2 is 2.43 bits per heavy atom. The van der Waals surface area contributed by atoms with Crippen molar-refractivity contribution in [2.75, 3.05) is 13.1 Å². The lowest BCUT2D eigenvalue weighted by Gasteiger charge is -2.10. The van der Waals surface area contributed by atoms with Crippen molar-refractivity contribution in [2.45, 2.75) is 19.1 Å². The number of hydrogen-bond donors (Lipinski definition) is 1. The Morgan fingerprint density at radius 3 is 3.14 bits per heavy atom. The van der Waals surface area contributed by atoms with Crippen molar-refractivity contribution in [3.8, 4) is 0 Å². The van der Waals surface area contributed by atoms with Crippen molar-refractivity contribution in [1.29, 1.82) is 0 Å². The molecular weight excluding hydrogens is 242 g/mol. The maximum absolute atomic E-state index is 5.76. The first-order valence-corrected chi connectivity index (χ1v) is 5.70. The van der Waals surface area contributed by atoms with Crippen LogP contribution in [-0.4, -0.2) is 19.2 Å². The van der Waals surface area contributed by atoms with Gasteiger partial charge in [0, 0.05) is 11.0 Å². The molecule has 1 heterocycles. The van der Waals surface area contributed by atoms with Crippen molar-refractivity contribution in [2.24, 2.45) is 0 Å². The fraction of sp³-hybridized carbons (Fsp3) is 0.455. The van der Waals surface area contributed by atoms with Gasteiger partial charge in [-0.25, -0.2) is 0 Å². The van der Waals surface area contributed by atoms with Crippen molar-refractivity contribution in [3.63, 3.8) is 0 Å². The van der Waals surface area contributed by atoms with Crippen LogP contribution in [-0.2, 0) is 11.3 Å². The molecule has 1 N–H and O–H groups in total. The Bertz CT molecular complexity index is 297. The minimum atomic E-state index is 0.397. The maximum Gasteiger partial charge on any atom is 0.0721 e. The van der Waals surface area contributed by atoms with Crippen molar-refractivity contribution in [3.05, 3.63) is 34.3 Å². The Balaban J connectivity index is 1.85. The minimum Gasteiger partial charge on any atom is -0.372 e. The molecule has 1 fully saturated rings. The molecule has 76 valence electrons. The Morgan fingerprint density at radius 1 is 1.50 bits per heavy atom. The van der Waals surface area contributed by atoms with E-state index in [-0.39, 0.29) is 0 Å². The van der Waals surface area contributed by atoms with E-state index in [0.29, 0.717) is 12.7 Å². The normalized spacial score (nSPS) is 21.4. The molecule has 14 heavy (non-hydrogen) atoms. The monoisotopic (exact) mass is 255 g/mol. The summed E-state index contributed by atoms with van der Waals surface area (Å²) in [4.78, 5) is 0. The van der Waals surface area contributed by atoms with E-state index in [0.717, 1.165) is 24.0 Å². The van der Waals surface area contributed by atoms with Gasteiger partial charge in [-0.2, -0.15) is 0 Å². The molecule has 0 bridgehead atoms. The summed E-state index contributed by atoms with van der Waals surface area (Å²) >= 11 is 3.45. The fourth-order valence-corrected chi connectivity index (χ4v) is 2.06. The topological polar surface area (TPSA) is 21.3 Å². The zero-order valence-electron chi connectivity index (χ0n) is 8.00. The van der Waals surface area contributed by atoms with Gasteiger partial charge in [-0.15, -0.1) is 0 Å². The summed E-state index contributed by atoms with van der Waals surface area (Å²) in [6, 6.07) is 8.26. The van der Waals surface area contributed by atoms with E-state index in [2.05, 4.69) is 33.4 Å². The summed E-state index contributed by atoms with van der Waals surface area (Å²) in [7, 11) is 0. The van der Waals surface area contributed by atoms with E-state index >= 15 is 0 Å². The van der Waals surface area contributed by atoms with Crippen LogP contribution in [0.15, 0.2) is 28.7 Å². The van der Waals surface area contributed by atoms with Gasteiger partial charge in [0.05, 0.1) is 12.7 Å². The number of hydrogen-bond acceptors (Lipinski definition) is 2. The van der Waals surface area contributed by atoms with E-state index in [9.17, 15) is 0 Å². The molecular formula is C11H14BrNO. The van der Waals surface area contributed by atoms with Gasteiger partial charge < -0.3 is 10.1 Å². The molecule has 0 radical (unpaired) electrons. The van der Waals surface area contributed by atoms with Crippen LogP contribution in [0.3, 0.4) is 0 Å². The molecule has 0 amide bonds. The smallest absolute Gasteiger partial charge is 0.0721 e. The van der Waals surface area contributed by atoms with Crippen molar-refractivity contribution in [1.82, 2.24) is 5.32 Å². The van der Waals surface area contributed by atoms with Gasteiger partial charge in [0.2, 0.25) is 0 Å². The molecule has 1 aliphatic rings. The molecule has 1 atom stereocenters. The van der Waals surface area contributed by atoms with Crippen LogP contribution >= 0.6 is 15.9 Å². The fourth-order valence-electron chi connectivity index (χ4n) is 1.61. The van der Waals surface area contributed by atoms with Crippen molar-refractivity contribution >= 4 is 15.9 Å². The van der Waals surface area contributed by atoms with E-state index in [1.165, 1.54) is 5.56 Å². The molecule has 0 aliphatic carbocycles. The lowest BCUT2D eigenvalue weighted by molar-refractivity contribution is 0.0542. The molecule has 2 rings (SSSR count). The summed E-state index contributed by atoms with van der Waals surface area (Å²) < 4.78 is 6.87. The second-order valence-electron chi connectivity index (χ2n) is 3.56. The largest absolute Gasteiger partial charge is 0.372 e. The average molecular weight is 256 g/mol. The van der Waals surface area contributed by atoms with Gasteiger partial charge in [-0.1, -0.05) is 28.1 Å². The molecule has 3 heteroatoms. The van der Waals surface area contributed by atoms with Gasteiger partial charge in [-0.3, -0.25) is 0 Å². The molecule has 0 aromatic heterocycles. The molecule has 1 aliphatic heterocycles. The summed E-state index contributed by atoms with van der Waals surface area (Å²) in [6.07, 6.45) is 1.53. The summed E-state index contributed by atoms with van der Waals surface area (Å²) in [5.41, 5.74) is 1.23. The molecule has 2 nitrogen and oxygen atoms in total. The Labute approximate surface area is 92.8 Å². The summed E-state index contributed by atoms with van der Waals surface area (Å²) in [5, 5.41) is 3.29. The molecule has 1 saturated heterocycles. The van der Waals surface area contributed by atoms with Crippen LogP contribution in [0.1, 0.15) is 12.0 Å². The third kappa shape index (κ3) is 2.80. The van der Waals surface area contributed by atoms with Crippen LogP contribution in [0.5, 0.6) is 0 Å². The highest BCUT2D eigenvalue weighted by Crippen LogP contribution is 2.14. The zero-order chi connectivity index (χ0) is 9.80. The standard InChI is InChI=1S/C11H14BrNO/c12-10-3-1-2-9(6-10)8-14-11-4-5-13-7-11/h1-3,6,11,13H,4-5,7-8H2/t11-/m1/s1. The average Bonchev–Trinajstić information content (AvgIpc) is 2.67. The third-order valence-electron chi connectivity index (χ3n) is 2.39. The Hall–Kier alpha value is -0.380. The van der Waals surface area contributed by atoms with Crippen molar-refractivity contribution < 1.29 is 4.74 Å². The molecule has 0 unspecified atom stereocenters. The number of ether oxygens (including phenoxy) is 1. The van der Waals surface area contributed by atoms with Crippen LogP contribution < -0.4 is 5.32 Å². The lowest BCUT2D eigenvalue weighted by Crippen LogP contribution is -2.16. The van der Waals surface area contributed by atoms with Crippen LogP contribution in [0, 0.1) is 0 Å². The van der Waals surface area contributed by atoms with Gasteiger partial charge in [0.25, 0.3) is 0 Å². The molecule has 1 aromatic rings. The molecule has 0 spiro atoms. The predicted molar refractivity (Wildman–Crippen MR) is 60.2 cm³/mol. The highest BCUT2D eigenvalue weighted by molar-refractivity contribution is 9.10. The van der Waals surface area contributed by atoms with E-state index in [1.54, 1.807) is 0 Å². The lowest BCUT2D eigenvalue weighted by atomic mass is 10.2. The molecule has 0 saturated carbocycles. The van der Waals surface area contributed by atoms with Gasteiger partial charge >= 0.3 is 0 Å². The quantitative estimate of drug-likeness (QED) is 0.896. The van der Waals surface area contributed by atoms with Crippen LogP contribution in [0.2, 0.25) is 0 Å². The van der Waals surface area contributed by atoms with E-state index < -0.39 is 0 Å². The number of nitrogens with one attached hydrogen (secondary N) is 1. The Kier molecular flexibility index (Phi) is 3.56. The van der Waals surface area contributed by atoms with Crippen LogP contribution in [0.4, 0.5) is 0 Å². The maximum atomic E-state index is 5.76. The first-order valence-electron chi connectivity index (χ1n) is 4.91. The number of rotatable bonds is 3. The number of halogens is 1. The summed E-state index contributed by atoms with van der Waals surface area (Å²) in [6.45, 7) is 2.79. The third-order valence-corrected chi connectivity index (χ3v) is 2.88. The predicted octanol–water partition coefficient (Wildman–Crippen LogP) is 2.33. The first kappa shape index (κ1) is 10.1. The second-order valence-corrected chi connectivity index (χ2v) is 4.47. The van der Waals surface area contributed by atoms with E-state index in [4.69, 9.17) is 4.74 Å². The minimum absolute atomic E-state index is 0.397. The van der Waals surface area contributed by atoms with Gasteiger partial charge in [-0.05, 0) is 30.7 Å². The number of benzene rings is 1. The van der Waals surface area contributed by atoms with Crippen LogP contribution in [0.25, 0.3) is 0 Å².